The lowest BCUT2D eigenvalue weighted by Gasteiger charge is -2.28. The Morgan fingerprint density at radius 2 is 1.82 bits per heavy atom. The standard InChI is InChI=1S/C22H25N3O3/c1-14-5-3-6-15(2)21(14)18-7-4-12-25(18)22(27)23-16-8-10-17(11-9-16)28-20-13-19(26)24-20/h3,5-6,8-11,18,20H,4,7,12-13H2,1-2H3,(H,23,27)(H,24,26). The molecule has 2 unspecified atom stereocenters. The van der Waals surface area contributed by atoms with Crippen LogP contribution in [0, 0.1) is 13.8 Å². The number of β-lactam (4-membered cyclic amide) rings is 1. The number of nitrogens with one attached hydrogen (secondary N) is 2. The molecule has 2 N–H and O–H groups in total. The maximum atomic E-state index is 12.9. The van der Waals surface area contributed by atoms with Crippen molar-refractivity contribution in [1.29, 1.82) is 0 Å². The second-order valence-corrected chi connectivity index (χ2v) is 7.49. The van der Waals surface area contributed by atoms with Gasteiger partial charge in [0.05, 0.1) is 12.5 Å². The van der Waals surface area contributed by atoms with Crippen molar-refractivity contribution in [2.45, 2.75) is 45.4 Å². The first-order valence-electron chi connectivity index (χ1n) is 9.71. The molecule has 0 aliphatic carbocycles. The van der Waals surface area contributed by atoms with Gasteiger partial charge in [0.1, 0.15) is 5.75 Å². The lowest BCUT2D eigenvalue weighted by atomic mass is 9.94. The molecular weight excluding hydrogens is 354 g/mol. The molecule has 4 rings (SSSR count). The highest BCUT2D eigenvalue weighted by Crippen LogP contribution is 2.36. The monoisotopic (exact) mass is 379 g/mol. The summed E-state index contributed by atoms with van der Waals surface area (Å²) in [7, 11) is 0. The van der Waals surface area contributed by atoms with Crippen molar-refractivity contribution in [2.24, 2.45) is 0 Å². The Balaban J connectivity index is 1.42. The molecule has 0 aromatic heterocycles. The summed E-state index contributed by atoms with van der Waals surface area (Å²) >= 11 is 0. The zero-order chi connectivity index (χ0) is 19.7. The number of aryl methyl sites for hydroxylation is 2. The molecule has 2 aliphatic heterocycles. The summed E-state index contributed by atoms with van der Waals surface area (Å²) in [5.74, 6) is 0.663. The number of ether oxygens (including phenoxy) is 1. The fourth-order valence-corrected chi connectivity index (χ4v) is 4.04. The van der Waals surface area contributed by atoms with Crippen molar-refractivity contribution in [3.63, 3.8) is 0 Å². The van der Waals surface area contributed by atoms with Gasteiger partial charge in [0, 0.05) is 12.2 Å². The number of anilines is 1. The number of benzene rings is 2. The Hall–Kier alpha value is -3.02. The highest BCUT2D eigenvalue weighted by Gasteiger charge is 2.32. The fourth-order valence-electron chi connectivity index (χ4n) is 4.04. The van der Waals surface area contributed by atoms with Crippen LogP contribution in [0.5, 0.6) is 5.75 Å². The molecule has 0 radical (unpaired) electrons. The molecule has 2 aliphatic rings. The molecule has 2 saturated heterocycles. The Labute approximate surface area is 164 Å². The van der Waals surface area contributed by atoms with Crippen molar-refractivity contribution in [1.82, 2.24) is 10.2 Å². The number of urea groups is 1. The zero-order valence-corrected chi connectivity index (χ0v) is 16.2. The Morgan fingerprint density at radius 1 is 1.14 bits per heavy atom. The van der Waals surface area contributed by atoms with Gasteiger partial charge in [-0.3, -0.25) is 4.79 Å². The van der Waals surface area contributed by atoms with Gasteiger partial charge in [-0.05, 0) is 67.6 Å². The maximum Gasteiger partial charge on any atom is 0.322 e. The van der Waals surface area contributed by atoms with E-state index in [1.165, 1.54) is 16.7 Å². The molecule has 146 valence electrons. The summed E-state index contributed by atoms with van der Waals surface area (Å²) in [5, 5.41) is 5.67. The molecular formula is C22H25N3O3. The topological polar surface area (TPSA) is 70.7 Å². The number of carbonyl (C=O) groups excluding carboxylic acids is 2. The zero-order valence-electron chi connectivity index (χ0n) is 16.2. The van der Waals surface area contributed by atoms with E-state index in [-0.39, 0.29) is 24.2 Å². The smallest absolute Gasteiger partial charge is 0.322 e. The minimum Gasteiger partial charge on any atom is -0.470 e. The van der Waals surface area contributed by atoms with E-state index in [2.05, 4.69) is 42.7 Å². The molecule has 6 heteroatoms. The number of carbonyl (C=O) groups is 2. The number of likely N-dealkylation sites (tertiary alicyclic amines) is 1. The minimum absolute atomic E-state index is 0.00191. The largest absolute Gasteiger partial charge is 0.470 e. The fraction of sp³-hybridized carbons (Fsp3) is 0.364. The van der Waals surface area contributed by atoms with Gasteiger partial charge in [-0.1, -0.05) is 18.2 Å². The minimum atomic E-state index is -0.254. The van der Waals surface area contributed by atoms with Crippen LogP contribution in [0.4, 0.5) is 10.5 Å². The molecule has 2 atom stereocenters. The van der Waals surface area contributed by atoms with Crippen LogP contribution in [0.1, 0.15) is 42.0 Å². The van der Waals surface area contributed by atoms with Gasteiger partial charge in [-0.2, -0.15) is 0 Å². The van der Waals surface area contributed by atoms with E-state index in [0.717, 1.165) is 25.1 Å². The highest BCUT2D eigenvalue weighted by molar-refractivity contribution is 5.90. The summed E-state index contributed by atoms with van der Waals surface area (Å²) in [4.78, 5) is 25.8. The number of hydrogen-bond donors (Lipinski definition) is 2. The van der Waals surface area contributed by atoms with Gasteiger partial charge < -0.3 is 20.3 Å². The van der Waals surface area contributed by atoms with Gasteiger partial charge in [-0.25, -0.2) is 4.79 Å². The second kappa shape index (κ2) is 7.54. The van der Waals surface area contributed by atoms with E-state index in [4.69, 9.17) is 4.74 Å². The third-order valence-electron chi connectivity index (χ3n) is 5.47. The lowest BCUT2D eigenvalue weighted by Crippen LogP contribution is -2.51. The first kappa shape index (κ1) is 18.3. The van der Waals surface area contributed by atoms with Crippen LogP contribution in [0.25, 0.3) is 0 Å². The van der Waals surface area contributed by atoms with Gasteiger partial charge in [0.2, 0.25) is 5.91 Å². The van der Waals surface area contributed by atoms with Gasteiger partial charge in [0.15, 0.2) is 6.23 Å². The van der Waals surface area contributed by atoms with E-state index in [1.54, 1.807) is 12.1 Å². The van der Waals surface area contributed by atoms with Crippen LogP contribution < -0.4 is 15.4 Å². The number of hydrogen-bond acceptors (Lipinski definition) is 3. The molecule has 2 fully saturated rings. The second-order valence-electron chi connectivity index (χ2n) is 7.49. The Morgan fingerprint density at radius 3 is 2.46 bits per heavy atom. The van der Waals surface area contributed by atoms with Gasteiger partial charge in [-0.15, -0.1) is 0 Å². The van der Waals surface area contributed by atoms with Crippen LogP contribution in [-0.2, 0) is 4.79 Å². The molecule has 2 heterocycles. The number of nitrogens with zero attached hydrogens (tertiary/aromatic N) is 1. The molecule has 2 aromatic rings. The normalized spacial score (nSPS) is 21.1. The SMILES string of the molecule is Cc1cccc(C)c1C1CCCN1C(=O)Nc1ccc(OC2CC(=O)N2)cc1. The van der Waals surface area contributed by atoms with Crippen LogP contribution in [0.2, 0.25) is 0 Å². The van der Waals surface area contributed by atoms with Gasteiger partial charge in [0.25, 0.3) is 0 Å². The molecule has 2 aromatic carbocycles. The lowest BCUT2D eigenvalue weighted by molar-refractivity contribution is -0.134. The van der Waals surface area contributed by atoms with Crippen molar-refractivity contribution in [3.05, 3.63) is 59.2 Å². The first-order valence-corrected chi connectivity index (χ1v) is 9.71. The molecule has 0 saturated carbocycles. The summed E-state index contributed by atoms with van der Waals surface area (Å²) in [6.07, 6.45) is 2.12. The van der Waals surface area contributed by atoms with Crippen molar-refractivity contribution < 1.29 is 14.3 Å². The van der Waals surface area contributed by atoms with E-state index in [1.807, 2.05) is 17.0 Å². The van der Waals surface area contributed by atoms with Crippen molar-refractivity contribution >= 4 is 17.6 Å². The van der Waals surface area contributed by atoms with Crippen molar-refractivity contribution in [2.75, 3.05) is 11.9 Å². The quantitative estimate of drug-likeness (QED) is 0.792. The summed E-state index contributed by atoms with van der Waals surface area (Å²) in [6, 6.07) is 13.6. The molecule has 3 amide bonds. The predicted octanol–water partition coefficient (Wildman–Crippen LogP) is 3.90. The number of rotatable bonds is 4. The van der Waals surface area contributed by atoms with Crippen LogP contribution in [0.3, 0.4) is 0 Å². The third-order valence-corrected chi connectivity index (χ3v) is 5.47. The third kappa shape index (κ3) is 3.67. The van der Waals surface area contributed by atoms with E-state index < -0.39 is 0 Å². The average molecular weight is 379 g/mol. The Kier molecular flexibility index (Phi) is 4.94. The molecule has 0 spiro atoms. The highest BCUT2D eigenvalue weighted by atomic mass is 16.5. The van der Waals surface area contributed by atoms with Crippen molar-refractivity contribution in [3.8, 4) is 5.75 Å². The summed E-state index contributed by atoms with van der Waals surface area (Å²) < 4.78 is 5.63. The van der Waals surface area contributed by atoms with E-state index in [9.17, 15) is 9.59 Å². The number of amides is 3. The summed E-state index contributed by atoms with van der Waals surface area (Å²) in [6.45, 7) is 4.98. The average Bonchev–Trinajstić information content (AvgIpc) is 3.11. The molecule has 6 nitrogen and oxygen atoms in total. The van der Waals surface area contributed by atoms with Gasteiger partial charge >= 0.3 is 6.03 Å². The van der Waals surface area contributed by atoms with Crippen LogP contribution in [-0.4, -0.2) is 29.6 Å². The molecule has 0 bridgehead atoms. The predicted molar refractivity (Wildman–Crippen MR) is 107 cm³/mol. The van der Waals surface area contributed by atoms with E-state index in [0.29, 0.717) is 12.2 Å². The van der Waals surface area contributed by atoms with Crippen LogP contribution in [0.15, 0.2) is 42.5 Å². The molecule has 28 heavy (non-hydrogen) atoms. The van der Waals surface area contributed by atoms with Crippen LogP contribution >= 0.6 is 0 Å². The Bertz CT molecular complexity index is 866. The first-order chi connectivity index (χ1) is 13.5. The maximum absolute atomic E-state index is 12.9. The summed E-state index contributed by atoms with van der Waals surface area (Å²) in [5.41, 5.74) is 4.45. The van der Waals surface area contributed by atoms with E-state index >= 15 is 0 Å².